The van der Waals surface area contributed by atoms with Crippen LogP contribution >= 0.6 is 0 Å². The fraction of sp³-hybridized carbons (Fsp3) is 0.385. The van der Waals surface area contributed by atoms with Gasteiger partial charge in [-0.2, -0.15) is 18.3 Å². The van der Waals surface area contributed by atoms with Crippen molar-refractivity contribution in [2.45, 2.75) is 32.1 Å². The van der Waals surface area contributed by atoms with E-state index in [4.69, 9.17) is 5.73 Å². The van der Waals surface area contributed by atoms with Gasteiger partial charge in [-0.3, -0.25) is 4.68 Å². The van der Waals surface area contributed by atoms with E-state index in [2.05, 4.69) is 39.2 Å². The van der Waals surface area contributed by atoms with Crippen LogP contribution in [0.1, 0.15) is 31.0 Å². The Morgan fingerprint density at radius 1 is 1.15 bits per heavy atom. The van der Waals surface area contributed by atoms with Gasteiger partial charge in [-0.15, -0.1) is 0 Å². The predicted molar refractivity (Wildman–Crippen MR) is 147 cm³/mol. The van der Waals surface area contributed by atoms with Gasteiger partial charge in [-0.05, 0) is 35.1 Å². The minimum Gasteiger partial charge on any atom is -0.355 e. The summed E-state index contributed by atoms with van der Waals surface area (Å²) in [5.41, 5.74) is 7.01. The lowest BCUT2D eigenvalue weighted by Crippen LogP contribution is -2.63. The maximum atomic E-state index is 13.5. The molecule has 0 radical (unpaired) electrons. The van der Waals surface area contributed by atoms with Crippen LogP contribution in [0.4, 0.5) is 30.5 Å². The van der Waals surface area contributed by atoms with E-state index in [1.807, 2.05) is 23.1 Å². The minimum atomic E-state index is -4.65. The van der Waals surface area contributed by atoms with Crippen LogP contribution in [-0.2, 0) is 23.1 Å². The van der Waals surface area contributed by atoms with Crippen LogP contribution in [0.15, 0.2) is 42.9 Å². The van der Waals surface area contributed by atoms with Crippen molar-refractivity contribution in [3.63, 3.8) is 0 Å². The van der Waals surface area contributed by atoms with E-state index in [1.165, 1.54) is 25.7 Å². The molecule has 1 aromatic carbocycles. The number of hydrogen-bond donors (Lipinski definition) is 2. The Morgan fingerprint density at radius 2 is 1.90 bits per heavy atom. The number of hydrogen-bond acceptors (Lipinski definition) is 9. The van der Waals surface area contributed by atoms with Crippen molar-refractivity contribution >= 4 is 37.9 Å². The third-order valence-electron chi connectivity index (χ3n) is 6.88. The number of halogens is 3. The fourth-order valence-electron chi connectivity index (χ4n) is 5.02. The molecule has 0 amide bonds. The average Bonchev–Trinajstić information content (AvgIpc) is 3.27. The molecule has 3 aromatic heterocycles. The molecule has 1 saturated heterocycles. The molecule has 0 bridgehead atoms. The smallest absolute Gasteiger partial charge is 0.355 e. The summed E-state index contributed by atoms with van der Waals surface area (Å²) in [5.74, 6) is 0.654. The predicted octanol–water partition coefficient (Wildman–Crippen LogP) is 4.08. The second-order valence-electron chi connectivity index (χ2n) is 10.4. The zero-order valence-corrected chi connectivity index (χ0v) is 23.1. The first kappa shape index (κ1) is 27.8. The summed E-state index contributed by atoms with van der Waals surface area (Å²) in [4.78, 5) is 14.8. The Balaban J connectivity index is 1.47. The molecule has 5 rings (SSSR count). The Hall–Kier alpha value is -3.78. The van der Waals surface area contributed by atoms with Crippen LogP contribution < -0.4 is 16.0 Å². The number of aryl methyl sites for hydroxylation is 1. The molecule has 1 fully saturated rings. The summed E-state index contributed by atoms with van der Waals surface area (Å²) in [6.45, 7) is 4.66. The number of nitrogens with two attached hydrogens (primary N) is 1. The second-order valence-corrected chi connectivity index (χ2v) is 12.6. The van der Waals surface area contributed by atoms with E-state index >= 15 is 0 Å². The molecular weight excluding hydrogens is 545 g/mol. The molecule has 0 saturated carbocycles. The largest absolute Gasteiger partial charge is 0.435 e. The highest BCUT2D eigenvalue weighted by molar-refractivity contribution is 7.90. The summed E-state index contributed by atoms with van der Waals surface area (Å²) in [6.07, 6.45) is 0.426. The van der Waals surface area contributed by atoms with Crippen molar-refractivity contribution in [1.82, 2.24) is 24.7 Å². The lowest BCUT2D eigenvalue weighted by molar-refractivity contribution is -0.141. The first-order valence-electron chi connectivity index (χ1n) is 12.5. The summed E-state index contributed by atoms with van der Waals surface area (Å²) < 4.78 is 65.0. The van der Waals surface area contributed by atoms with E-state index < -0.39 is 27.9 Å². The normalized spacial score (nSPS) is 17.9. The minimum absolute atomic E-state index is 0.0312. The number of sulfone groups is 1. The van der Waals surface area contributed by atoms with Gasteiger partial charge in [0.05, 0.1) is 17.5 Å². The van der Waals surface area contributed by atoms with Gasteiger partial charge in [0.15, 0.2) is 11.5 Å². The molecule has 1 aliphatic rings. The van der Waals surface area contributed by atoms with Gasteiger partial charge in [0.1, 0.15) is 21.5 Å². The topological polar surface area (TPSA) is 132 Å². The van der Waals surface area contributed by atoms with E-state index in [0.29, 0.717) is 12.4 Å². The molecule has 1 aliphatic heterocycles. The molecule has 4 aromatic rings. The number of benzene rings is 1. The van der Waals surface area contributed by atoms with Crippen LogP contribution in [-0.4, -0.2) is 57.9 Å². The van der Waals surface area contributed by atoms with Crippen LogP contribution in [0, 0.1) is 5.92 Å². The van der Waals surface area contributed by atoms with Crippen molar-refractivity contribution in [1.29, 1.82) is 0 Å². The molecule has 0 spiro atoms. The lowest BCUT2D eigenvalue weighted by Gasteiger charge is -2.47. The van der Waals surface area contributed by atoms with Gasteiger partial charge in [-0.1, -0.05) is 19.9 Å². The number of nitrogens with one attached hydrogen (secondary N) is 1. The Kier molecular flexibility index (Phi) is 6.94. The molecule has 2 atom stereocenters. The maximum Gasteiger partial charge on any atom is 0.435 e. The van der Waals surface area contributed by atoms with E-state index in [-0.39, 0.29) is 34.8 Å². The number of fused-ring (bicyclic) bond motifs is 1. The fourth-order valence-corrected chi connectivity index (χ4v) is 6.10. The second kappa shape index (κ2) is 10.0. The summed E-state index contributed by atoms with van der Waals surface area (Å²) in [6, 6.07) is 7.40. The zero-order valence-electron chi connectivity index (χ0n) is 22.3. The third-order valence-corrected chi connectivity index (χ3v) is 7.92. The van der Waals surface area contributed by atoms with Crippen LogP contribution in [0.25, 0.3) is 22.2 Å². The van der Waals surface area contributed by atoms with Crippen LogP contribution in [0.5, 0.6) is 0 Å². The molecule has 4 heterocycles. The molecule has 0 aliphatic carbocycles. The lowest BCUT2D eigenvalue weighted by atomic mass is 9.92. The van der Waals surface area contributed by atoms with Gasteiger partial charge >= 0.3 is 6.18 Å². The molecule has 14 heteroatoms. The van der Waals surface area contributed by atoms with Gasteiger partial charge in [0, 0.05) is 55.4 Å². The van der Waals surface area contributed by atoms with Crippen LogP contribution in [0.3, 0.4) is 0 Å². The van der Waals surface area contributed by atoms with Crippen molar-refractivity contribution in [3.05, 3.63) is 54.1 Å². The first-order valence-corrected chi connectivity index (χ1v) is 14.6. The monoisotopic (exact) mass is 574 g/mol. The van der Waals surface area contributed by atoms with Gasteiger partial charge in [0.2, 0.25) is 0 Å². The molecule has 3 N–H and O–H groups in total. The van der Waals surface area contributed by atoms with Crippen molar-refractivity contribution in [3.8, 4) is 11.4 Å². The highest BCUT2D eigenvalue weighted by Crippen LogP contribution is 2.39. The van der Waals surface area contributed by atoms with Crippen molar-refractivity contribution < 1.29 is 21.6 Å². The molecule has 10 nitrogen and oxygen atoms in total. The number of anilines is 3. The standard InChI is InChI=1S/C26H29F3N8O2S/c1-14(2)16-5-6-20(37-11-15(24(37)30)13-40(4,38)39)18-10-32-22(9-17(16)18)33-21-7-8-31-25(34-21)19-12-36(3)35-23(19)26(27,28)29/h5-10,12,14-15,24H,11,13,30H2,1-4H3,(H,31,32,33,34)/t15-,24+/m1/s1. The van der Waals surface area contributed by atoms with Crippen LogP contribution in [0.2, 0.25) is 0 Å². The highest BCUT2D eigenvalue weighted by Gasteiger charge is 2.39. The zero-order chi connectivity index (χ0) is 29.0. The average molecular weight is 575 g/mol. The molecule has 40 heavy (non-hydrogen) atoms. The Labute approximate surface area is 229 Å². The summed E-state index contributed by atoms with van der Waals surface area (Å²) in [5, 5.41) is 8.39. The third kappa shape index (κ3) is 5.45. The summed E-state index contributed by atoms with van der Waals surface area (Å²) in [7, 11) is -1.74. The highest BCUT2D eigenvalue weighted by atomic mass is 32.2. The molecular formula is C26H29F3N8O2S. The van der Waals surface area contributed by atoms with Crippen molar-refractivity contribution in [2.24, 2.45) is 18.7 Å². The number of rotatable bonds is 7. The quantitative estimate of drug-likeness (QED) is 0.335. The number of alkyl halides is 3. The molecule has 212 valence electrons. The van der Waals surface area contributed by atoms with E-state index in [0.717, 1.165) is 26.7 Å². The van der Waals surface area contributed by atoms with Gasteiger partial charge in [0.25, 0.3) is 0 Å². The Bertz CT molecular complexity index is 1690. The van der Waals surface area contributed by atoms with Crippen molar-refractivity contribution in [2.75, 3.05) is 28.8 Å². The Morgan fingerprint density at radius 3 is 2.55 bits per heavy atom. The van der Waals surface area contributed by atoms with E-state index in [9.17, 15) is 21.6 Å². The number of aromatic nitrogens is 5. The van der Waals surface area contributed by atoms with E-state index in [1.54, 1.807) is 12.3 Å². The SMILES string of the molecule is CC(C)c1ccc(N2C[C@H](CS(C)(=O)=O)[C@H]2N)c2cnc(Nc3ccnc(-c4cn(C)nc4C(F)(F)F)n3)cc12. The van der Waals surface area contributed by atoms with Gasteiger partial charge < -0.3 is 16.0 Å². The number of nitrogens with zero attached hydrogens (tertiary/aromatic N) is 6. The number of pyridine rings is 1. The first-order chi connectivity index (χ1) is 18.7. The van der Waals surface area contributed by atoms with Gasteiger partial charge in [-0.25, -0.2) is 23.4 Å². The maximum absolute atomic E-state index is 13.5. The molecule has 0 unspecified atom stereocenters. The summed E-state index contributed by atoms with van der Waals surface area (Å²) >= 11 is 0.